The van der Waals surface area contributed by atoms with Crippen molar-refractivity contribution in [3.8, 4) is 5.75 Å². The first-order valence-corrected chi connectivity index (χ1v) is 7.15. The molecule has 0 aromatic heterocycles. The van der Waals surface area contributed by atoms with Gasteiger partial charge in [0.1, 0.15) is 11.6 Å². The lowest BCUT2D eigenvalue weighted by molar-refractivity contribution is -0.0503. The molecule has 1 fully saturated rings. The van der Waals surface area contributed by atoms with Gasteiger partial charge in [0.15, 0.2) is 0 Å². The van der Waals surface area contributed by atoms with Crippen molar-refractivity contribution in [2.75, 3.05) is 6.61 Å². The summed E-state index contributed by atoms with van der Waals surface area (Å²) in [6.07, 6.45) is 3.02. The van der Waals surface area contributed by atoms with E-state index in [4.69, 9.17) is 5.11 Å². The summed E-state index contributed by atoms with van der Waals surface area (Å²) in [5.41, 5.74) is -0.119. The lowest BCUT2D eigenvalue weighted by atomic mass is 9.86. The van der Waals surface area contributed by atoms with Gasteiger partial charge >= 0.3 is 6.61 Å². The van der Waals surface area contributed by atoms with E-state index in [0.29, 0.717) is 12.8 Å². The molecule has 1 aromatic carbocycles. The molecule has 0 aliphatic heterocycles. The molecular weight excluding hydrogens is 299 g/mol. The van der Waals surface area contributed by atoms with Crippen molar-refractivity contribution in [1.29, 1.82) is 0 Å². The maximum absolute atomic E-state index is 13.1. The molecule has 22 heavy (non-hydrogen) atoms. The minimum Gasteiger partial charge on any atom is -0.434 e. The van der Waals surface area contributed by atoms with E-state index in [1.165, 1.54) is 0 Å². The summed E-state index contributed by atoms with van der Waals surface area (Å²) in [7, 11) is 0. The van der Waals surface area contributed by atoms with Crippen LogP contribution in [0.4, 0.5) is 13.2 Å². The summed E-state index contributed by atoms with van der Waals surface area (Å²) in [5.74, 6) is -1.55. The predicted molar refractivity (Wildman–Crippen MR) is 73.3 cm³/mol. The van der Waals surface area contributed by atoms with Crippen LogP contribution in [0.2, 0.25) is 0 Å². The van der Waals surface area contributed by atoms with Crippen LogP contribution in [0.25, 0.3) is 0 Å². The normalized spacial score (nSPS) is 21.7. The van der Waals surface area contributed by atoms with Crippen LogP contribution in [-0.2, 0) is 0 Å². The third kappa shape index (κ3) is 4.37. The first-order chi connectivity index (χ1) is 10.5. The summed E-state index contributed by atoms with van der Waals surface area (Å²) in [6.45, 7) is -3.00. The van der Waals surface area contributed by atoms with Crippen LogP contribution < -0.4 is 10.1 Å². The minimum absolute atomic E-state index is 0.0836. The van der Waals surface area contributed by atoms with Gasteiger partial charge in [0, 0.05) is 18.7 Å². The van der Waals surface area contributed by atoms with E-state index in [2.05, 4.69) is 10.1 Å². The van der Waals surface area contributed by atoms with Gasteiger partial charge in [-0.1, -0.05) is 0 Å². The van der Waals surface area contributed by atoms with Crippen LogP contribution in [-0.4, -0.2) is 30.3 Å². The van der Waals surface area contributed by atoms with Crippen molar-refractivity contribution in [1.82, 2.24) is 5.32 Å². The van der Waals surface area contributed by atoms with E-state index in [9.17, 15) is 18.0 Å². The molecular formula is C15H18F3NO3. The van der Waals surface area contributed by atoms with Gasteiger partial charge in [0.2, 0.25) is 0 Å². The van der Waals surface area contributed by atoms with Gasteiger partial charge in [-0.05, 0) is 43.7 Å². The Hall–Kier alpha value is -1.76. The van der Waals surface area contributed by atoms with Gasteiger partial charge in [0.05, 0.1) is 5.56 Å². The average molecular weight is 317 g/mol. The zero-order valence-corrected chi connectivity index (χ0v) is 11.9. The number of aliphatic hydroxyl groups is 1. The number of alkyl halides is 2. The van der Waals surface area contributed by atoms with Crippen molar-refractivity contribution in [2.24, 2.45) is 5.92 Å². The van der Waals surface area contributed by atoms with E-state index >= 15 is 0 Å². The minimum atomic E-state index is -3.13. The number of aliphatic hydroxyl groups excluding tert-OH is 1. The summed E-state index contributed by atoms with van der Waals surface area (Å²) < 4.78 is 42.0. The van der Waals surface area contributed by atoms with Crippen molar-refractivity contribution in [3.63, 3.8) is 0 Å². The third-order valence-corrected chi connectivity index (χ3v) is 3.84. The molecule has 0 bridgehead atoms. The molecule has 0 saturated heterocycles. The number of rotatable bonds is 5. The number of amides is 1. The molecule has 2 rings (SSSR count). The second kappa shape index (κ2) is 7.49. The maximum Gasteiger partial charge on any atom is 0.387 e. The van der Waals surface area contributed by atoms with Crippen LogP contribution in [0.1, 0.15) is 36.0 Å². The first-order valence-electron chi connectivity index (χ1n) is 7.15. The van der Waals surface area contributed by atoms with E-state index < -0.39 is 24.1 Å². The standard InChI is InChI=1S/C15H18F3NO3/c16-10-3-6-12(13(7-10)22-15(17)18)14(21)19-11-4-1-9(8-20)2-5-11/h3,6-7,9,11,15,20H,1-2,4-5,8H2,(H,19,21). The second-order valence-corrected chi connectivity index (χ2v) is 5.39. The van der Waals surface area contributed by atoms with Gasteiger partial charge in [-0.2, -0.15) is 8.78 Å². The average Bonchev–Trinajstić information content (AvgIpc) is 2.47. The van der Waals surface area contributed by atoms with Crippen LogP contribution in [0.3, 0.4) is 0 Å². The van der Waals surface area contributed by atoms with Gasteiger partial charge in [-0.15, -0.1) is 0 Å². The molecule has 0 radical (unpaired) electrons. The molecule has 1 aromatic rings. The van der Waals surface area contributed by atoms with Gasteiger partial charge in [-0.3, -0.25) is 4.79 Å². The lowest BCUT2D eigenvalue weighted by Gasteiger charge is -2.28. The van der Waals surface area contributed by atoms with Crippen molar-refractivity contribution < 1.29 is 27.8 Å². The fourth-order valence-electron chi connectivity index (χ4n) is 2.63. The smallest absolute Gasteiger partial charge is 0.387 e. The Morgan fingerprint density at radius 1 is 1.32 bits per heavy atom. The fourth-order valence-corrected chi connectivity index (χ4v) is 2.63. The van der Waals surface area contributed by atoms with Crippen molar-refractivity contribution in [2.45, 2.75) is 38.3 Å². The molecule has 1 aliphatic carbocycles. The Labute approximate surface area is 126 Å². The number of nitrogens with one attached hydrogen (secondary N) is 1. The zero-order valence-electron chi connectivity index (χ0n) is 11.9. The molecule has 0 atom stereocenters. The number of ether oxygens (including phenoxy) is 1. The van der Waals surface area contributed by atoms with Crippen LogP contribution in [0.15, 0.2) is 18.2 Å². The highest BCUT2D eigenvalue weighted by Crippen LogP contribution is 2.26. The molecule has 1 saturated carbocycles. The van der Waals surface area contributed by atoms with E-state index in [1.54, 1.807) is 0 Å². The zero-order chi connectivity index (χ0) is 16.1. The fraction of sp³-hybridized carbons (Fsp3) is 0.533. The summed E-state index contributed by atoms with van der Waals surface area (Å²) in [5, 5.41) is 11.8. The van der Waals surface area contributed by atoms with Gasteiger partial charge in [0.25, 0.3) is 5.91 Å². The van der Waals surface area contributed by atoms with Crippen LogP contribution >= 0.6 is 0 Å². The van der Waals surface area contributed by atoms with Gasteiger partial charge < -0.3 is 15.2 Å². The molecule has 1 aliphatic rings. The third-order valence-electron chi connectivity index (χ3n) is 3.84. The van der Waals surface area contributed by atoms with E-state index in [1.807, 2.05) is 0 Å². The highest BCUT2D eigenvalue weighted by molar-refractivity contribution is 5.97. The SMILES string of the molecule is O=C(NC1CCC(CO)CC1)c1ccc(F)cc1OC(F)F. The molecule has 0 spiro atoms. The topological polar surface area (TPSA) is 58.6 Å². The summed E-state index contributed by atoms with van der Waals surface area (Å²) in [4.78, 5) is 12.2. The second-order valence-electron chi connectivity index (χ2n) is 5.39. The number of hydrogen-bond donors (Lipinski definition) is 2. The summed E-state index contributed by atoms with van der Waals surface area (Å²) in [6, 6.07) is 2.83. The number of carbonyl (C=O) groups is 1. The van der Waals surface area contributed by atoms with E-state index in [0.717, 1.165) is 31.0 Å². The van der Waals surface area contributed by atoms with E-state index in [-0.39, 0.29) is 24.1 Å². The highest BCUT2D eigenvalue weighted by Gasteiger charge is 2.24. The highest BCUT2D eigenvalue weighted by atomic mass is 19.3. The Bertz CT molecular complexity index is 517. The number of hydrogen-bond acceptors (Lipinski definition) is 3. The molecule has 0 unspecified atom stereocenters. The Kier molecular flexibility index (Phi) is 5.65. The first kappa shape index (κ1) is 16.6. The van der Waals surface area contributed by atoms with Gasteiger partial charge in [-0.25, -0.2) is 4.39 Å². The Balaban J connectivity index is 2.03. The molecule has 7 heteroatoms. The molecule has 122 valence electrons. The molecule has 0 heterocycles. The maximum atomic E-state index is 13.1. The number of benzene rings is 1. The van der Waals surface area contributed by atoms with Crippen molar-refractivity contribution >= 4 is 5.91 Å². The molecule has 4 nitrogen and oxygen atoms in total. The predicted octanol–water partition coefficient (Wildman–Crippen LogP) is 2.71. The lowest BCUT2D eigenvalue weighted by Crippen LogP contribution is -2.38. The monoisotopic (exact) mass is 317 g/mol. The number of halogens is 3. The Morgan fingerprint density at radius 2 is 2.00 bits per heavy atom. The van der Waals surface area contributed by atoms with Crippen molar-refractivity contribution in [3.05, 3.63) is 29.6 Å². The van der Waals surface area contributed by atoms with Crippen LogP contribution in [0, 0.1) is 11.7 Å². The quantitative estimate of drug-likeness (QED) is 0.878. The van der Waals surface area contributed by atoms with Crippen LogP contribution in [0.5, 0.6) is 5.75 Å². The Morgan fingerprint density at radius 3 is 2.59 bits per heavy atom. The molecule has 1 amide bonds. The largest absolute Gasteiger partial charge is 0.434 e. The summed E-state index contributed by atoms with van der Waals surface area (Å²) >= 11 is 0. The number of carbonyl (C=O) groups excluding carboxylic acids is 1. The molecule has 2 N–H and O–H groups in total.